The molecule has 1 aromatic rings. The molecule has 3 nitrogen and oxygen atoms in total. The molecule has 1 fully saturated rings. The molecule has 0 saturated carbocycles. The lowest BCUT2D eigenvalue weighted by molar-refractivity contribution is 0.277. The van der Waals surface area contributed by atoms with Crippen LogP contribution in [0.15, 0.2) is 18.2 Å². The smallest absolute Gasteiger partial charge is 0.128 e. The van der Waals surface area contributed by atoms with E-state index in [1.165, 1.54) is 19.3 Å². The van der Waals surface area contributed by atoms with Gasteiger partial charge in [0.1, 0.15) is 5.82 Å². The highest BCUT2D eigenvalue weighted by Gasteiger charge is 2.18. The number of hydrogen-bond acceptors (Lipinski definition) is 3. The van der Waals surface area contributed by atoms with Gasteiger partial charge >= 0.3 is 0 Å². The minimum Gasteiger partial charge on any atom is -0.390 e. The molecule has 16 heavy (non-hydrogen) atoms. The fourth-order valence-corrected chi connectivity index (χ4v) is 2.30. The van der Waals surface area contributed by atoms with Gasteiger partial charge in [0.05, 0.1) is 12.3 Å². The summed E-state index contributed by atoms with van der Waals surface area (Å²) in [6.45, 7) is 4.49. The summed E-state index contributed by atoms with van der Waals surface area (Å²) in [7, 11) is 0. The lowest BCUT2D eigenvalue weighted by Gasteiger charge is -2.32. The summed E-state index contributed by atoms with van der Waals surface area (Å²) >= 11 is 0. The Morgan fingerprint density at radius 3 is 2.75 bits per heavy atom. The molecule has 2 heterocycles. The van der Waals surface area contributed by atoms with Crippen molar-refractivity contribution < 1.29 is 5.11 Å². The predicted octanol–water partition coefficient (Wildman–Crippen LogP) is 2.20. The molecule has 2 rings (SSSR count). The van der Waals surface area contributed by atoms with Crippen LogP contribution in [0.3, 0.4) is 0 Å². The first kappa shape index (κ1) is 11.4. The third-order valence-corrected chi connectivity index (χ3v) is 3.47. The number of aliphatic hydroxyl groups is 1. The number of anilines is 1. The molecule has 88 valence electrons. The topological polar surface area (TPSA) is 36.4 Å². The first-order chi connectivity index (χ1) is 7.83. The van der Waals surface area contributed by atoms with Gasteiger partial charge in [-0.25, -0.2) is 4.98 Å². The first-order valence-electron chi connectivity index (χ1n) is 6.15. The Morgan fingerprint density at radius 2 is 2.12 bits per heavy atom. The monoisotopic (exact) mass is 220 g/mol. The zero-order chi connectivity index (χ0) is 11.4. The van der Waals surface area contributed by atoms with Crippen LogP contribution in [0.5, 0.6) is 0 Å². The molecule has 1 N–H and O–H groups in total. The maximum Gasteiger partial charge on any atom is 0.128 e. The molecule has 0 bridgehead atoms. The average Bonchev–Trinajstić information content (AvgIpc) is 2.39. The van der Waals surface area contributed by atoms with Crippen LogP contribution >= 0.6 is 0 Å². The van der Waals surface area contributed by atoms with Crippen molar-refractivity contribution in [3.05, 3.63) is 23.9 Å². The summed E-state index contributed by atoms with van der Waals surface area (Å²) in [6, 6.07) is 5.87. The highest BCUT2D eigenvalue weighted by Crippen LogP contribution is 2.23. The van der Waals surface area contributed by atoms with Gasteiger partial charge in [-0.2, -0.15) is 0 Å². The van der Waals surface area contributed by atoms with Crippen LogP contribution in [0, 0.1) is 5.92 Å². The summed E-state index contributed by atoms with van der Waals surface area (Å²) in [6.07, 6.45) is 3.82. The van der Waals surface area contributed by atoms with Gasteiger partial charge in [0, 0.05) is 13.1 Å². The molecular weight excluding hydrogens is 200 g/mol. The van der Waals surface area contributed by atoms with Crippen LogP contribution in [-0.2, 0) is 6.61 Å². The van der Waals surface area contributed by atoms with E-state index in [2.05, 4.69) is 16.8 Å². The molecule has 3 heteroatoms. The number of hydrogen-bond donors (Lipinski definition) is 1. The van der Waals surface area contributed by atoms with Crippen molar-refractivity contribution in [2.24, 2.45) is 5.92 Å². The summed E-state index contributed by atoms with van der Waals surface area (Å²) in [5.41, 5.74) is 0.759. The molecule has 1 aliphatic heterocycles. The molecule has 0 radical (unpaired) electrons. The third-order valence-electron chi connectivity index (χ3n) is 3.47. The Bertz CT molecular complexity index is 332. The molecular formula is C13H20N2O. The molecule has 0 atom stereocenters. The number of nitrogens with zero attached hydrogens (tertiary/aromatic N) is 2. The molecule has 0 aromatic carbocycles. The van der Waals surface area contributed by atoms with Crippen molar-refractivity contribution in [1.29, 1.82) is 0 Å². The minimum absolute atomic E-state index is 0.0270. The summed E-state index contributed by atoms with van der Waals surface area (Å²) in [5.74, 6) is 1.90. The number of aromatic nitrogens is 1. The normalized spacial score (nSPS) is 17.8. The highest BCUT2D eigenvalue weighted by atomic mass is 16.3. The van der Waals surface area contributed by atoms with Gasteiger partial charge in [0.15, 0.2) is 0 Å². The first-order valence-corrected chi connectivity index (χ1v) is 6.15. The van der Waals surface area contributed by atoms with Crippen LogP contribution in [0.2, 0.25) is 0 Å². The van der Waals surface area contributed by atoms with Crippen molar-refractivity contribution in [2.75, 3.05) is 18.0 Å². The van der Waals surface area contributed by atoms with Crippen molar-refractivity contribution in [3.63, 3.8) is 0 Å². The van der Waals surface area contributed by atoms with E-state index in [0.717, 1.165) is 30.5 Å². The quantitative estimate of drug-likeness (QED) is 0.848. The van der Waals surface area contributed by atoms with Gasteiger partial charge in [0.2, 0.25) is 0 Å². The van der Waals surface area contributed by atoms with Crippen LogP contribution in [0.4, 0.5) is 5.82 Å². The molecule has 0 spiro atoms. The van der Waals surface area contributed by atoms with E-state index in [4.69, 9.17) is 5.11 Å². The van der Waals surface area contributed by atoms with Gasteiger partial charge in [-0.15, -0.1) is 0 Å². The number of piperidine rings is 1. The predicted molar refractivity (Wildman–Crippen MR) is 65.4 cm³/mol. The van der Waals surface area contributed by atoms with Crippen LogP contribution < -0.4 is 4.90 Å². The summed E-state index contributed by atoms with van der Waals surface area (Å²) < 4.78 is 0. The minimum atomic E-state index is 0.0270. The Hall–Kier alpha value is -1.09. The van der Waals surface area contributed by atoms with E-state index in [9.17, 15) is 0 Å². The fourth-order valence-electron chi connectivity index (χ4n) is 2.30. The molecule has 1 aliphatic rings. The van der Waals surface area contributed by atoms with E-state index in [0.29, 0.717) is 0 Å². The van der Waals surface area contributed by atoms with E-state index >= 15 is 0 Å². The molecule has 0 unspecified atom stereocenters. The van der Waals surface area contributed by atoms with Gasteiger partial charge < -0.3 is 10.0 Å². The third kappa shape index (κ3) is 2.53. The van der Waals surface area contributed by atoms with Crippen LogP contribution in [0.25, 0.3) is 0 Å². The second-order valence-corrected chi connectivity index (χ2v) is 4.48. The molecule has 1 saturated heterocycles. The maximum absolute atomic E-state index is 9.06. The second-order valence-electron chi connectivity index (χ2n) is 4.48. The Labute approximate surface area is 97.1 Å². The largest absolute Gasteiger partial charge is 0.390 e. The maximum atomic E-state index is 9.06. The average molecular weight is 220 g/mol. The van der Waals surface area contributed by atoms with Gasteiger partial charge in [-0.1, -0.05) is 19.4 Å². The zero-order valence-corrected chi connectivity index (χ0v) is 9.89. The van der Waals surface area contributed by atoms with Crippen molar-refractivity contribution >= 4 is 5.82 Å². The molecule has 0 aliphatic carbocycles. The van der Waals surface area contributed by atoms with Gasteiger partial charge in [0.25, 0.3) is 0 Å². The Morgan fingerprint density at radius 1 is 1.38 bits per heavy atom. The van der Waals surface area contributed by atoms with E-state index in [1.54, 1.807) is 0 Å². The van der Waals surface area contributed by atoms with E-state index in [-0.39, 0.29) is 6.61 Å². The SMILES string of the molecule is CCC1CCN(c2cccc(CO)n2)CC1. The zero-order valence-electron chi connectivity index (χ0n) is 9.89. The number of rotatable bonds is 3. The Balaban J connectivity index is 2.02. The molecule has 0 amide bonds. The van der Waals surface area contributed by atoms with Gasteiger partial charge in [-0.05, 0) is 30.9 Å². The standard InChI is InChI=1S/C13H20N2O/c1-2-11-6-8-15(9-7-11)13-5-3-4-12(10-16)14-13/h3-5,11,16H,2,6-10H2,1H3. The van der Waals surface area contributed by atoms with Crippen molar-refractivity contribution in [2.45, 2.75) is 32.8 Å². The number of aliphatic hydroxyl groups excluding tert-OH is 1. The fraction of sp³-hybridized carbons (Fsp3) is 0.615. The van der Waals surface area contributed by atoms with Crippen molar-refractivity contribution in [3.8, 4) is 0 Å². The Kier molecular flexibility index (Phi) is 3.78. The van der Waals surface area contributed by atoms with E-state index < -0.39 is 0 Å². The second kappa shape index (κ2) is 5.30. The van der Waals surface area contributed by atoms with E-state index in [1.807, 2.05) is 18.2 Å². The summed E-state index contributed by atoms with van der Waals surface area (Å²) in [5, 5.41) is 9.06. The lowest BCUT2D eigenvalue weighted by Crippen LogP contribution is -2.34. The summed E-state index contributed by atoms with van der Waals surface area (Å²) in [4.78, 5) is 6.77. The van der Waals surface area contributed by atoms with Crippen molar-refractivity contribution in [1.82, 2.24) is 4.98 Å². The lowest BCUT2D eigenvalue weighted by atomic mass is 9.94. The highest BCUT2D eigenvalue weighted by molar-refractivity contribution is 5.39. The van der Waals surface area contributed by atoms with Crippen LogP contribution in [0.1, 0.15) is 31.9 Å². The molecule has 1 aromatic heterocycles. The van der Waals surface area contributed by atoms with Gasteiger partial charge in [-0.3, -0.25) is 0 Å². The number of pyridine rings is 1. The van der Waals surface area contributed by atoms with Crippen LogP contribution in [-0.4, -0.2) is 23.2 Å².